The van der Waals surface area contributed by atoms with Gasteiger partial charge in [0.05, 0.1) is 11.3 Å². The van der Waals surface area contributed by atoms with Crippen LogP contribution in [0.25, 0.3) is 0 Å². The minimum Gasteiger partial charge on any atom is -0.411 e. The third-order valence-corrected chi connectivity index (χ3v) is 4.50. The van der Waals surface area contributed by atoms with Gasteiger partial charge in [0.1, 0.15) is 0 Å². The smallest absolute Gasteiger partial charge is 0.255 e. The molecule has 1 amide bonds. The van der Waals surface area contributed by atoms with E-state index < -0.39 is 0 Å². The average molecular weight is 339 g/mol. The summed E-state index contributed by atoms with van der Waals surface area (Å²) < 4.78 is 0.822. The van der Waals surface area contributed by atoms with Gasteiger partial charge in [0.25, 0.3) is 5.91 Å². The summed E-state index contributed by atoms with van der Waals surface area (Å²) in [4.78, 5) is 14.5. The van der Waals surface area contributed by atoms with Crippen molar-refractivity contribution in [3.8, 4) is 0 Å². The highest BCUT2D eigenvalue weighted by molar-refractivity contribution is 9.10. The van der Waals surface area contributed by atoms with Crippen LogP contribution in [0.2, 0.25) is 0 Å². The lowest BCUT2D eigenvalue weighted by atomic mass is 9.93. The number of halogens is 1. The molecule has 1 aromatic rings. The van der Waals surface area contributed by atoms with E-state index in [1.54, 1.807) is 0 Å². The topological polar surface area (TPSA) is 52.9 Å². The number of carbonyl (C=O) groups is 1. The number of rotatable bonds is 2. The van der Waals surface area contributed by atoms with Crippen molar-refractivity contribution in [2.24, 2.45) is 11.1 Å². The highest BCUT2D eigenvalue weighted by Crippen LogP contribution is 2.24. The SMILES string of the molecule is CCC1CN(C(=O)c2cc(C)ccc2Br)CC/C1=N\O. The molecule has 1 aliphatic rings. The Labute approximate surface area is 127 Å². The Kier molecular flexibility index (Phi) is 4.81. The molecule has 5 heteroatoms. The molecule has 1 heterocycles. The maximum absolute atomic E-state index is 12.6. The molecule has 108 valence electrons. The van der Waals surface area contributed by atoms with Crippen molar-refractivity contribution >= 4 is 27.5 Å². The van der Waals surface area contributed by atoms with E-state index >= 15 is 0 Å². The maximum atomic E-state index is 12.6. The second kappa shape index (κ2) is 6.39. The van der Waals surface area contributed by atoms with Crippen LogP contribution in [0.5, 0.6) is 0 Å². The molecule has 4 nitrogen and oxygen atoms in total. The number of carbonyl (C=O) groups excluding carboxylic acids is 1. The van der Waals surface area contributed by atoms with E-state index in [0.717, 1.165) is 22.2 Å². The lowest BCUT2D eigenvalue weighted by Gasteiger charge is -2.33. The van der Waals surface area contributed by atoms with Crippen LogP contribution in [0.1, 0.15) is 35.7 Å². The first kappa shape index (κ1) is 15.0. The van der Waals surface area contributed by atoms with Crippen LogP contribution in [0, 0.1) is 12.8 Å². The van der Waals surface area contributed by atoms with E-state index in [1.807, 2.05) is 36.9 Å². The Balaban J connectivity index is 2.20. The molecule has 1 fully saturated rings. The number of hydrogen-bond donors (Lipinski definition) is 1. The molecule has 1 unspecified atom stereocenters. The van der Waals surface area contributed by atoms with Gasteiger partial charge in [-0.2, -0.15) is 0 Å². The van der Waals surface area contributed by atoms with Gasteiger partial charge in [0.15, 0.2) is 0 Å². The molecule has 0 aliphatic carbocycles. The summed E-state index contributed by atoms with van der Waals surface area (Å²) in [5.74, 6) is 0.192. The van der Waals surface area contributed by atoms with Crippen molar-refractivity contribution in [3.63, 3.8) is 0 Å². The highest BCUT2D eigenvalue weighted by Gasteiger charge is 2.28. The van der Waals surface area contributed by atoms with E-state index in [9.17, 15) is 4.79 Å². The van der Waals surface area contributed by atoms with Gasteiger partial charge in [-0.3, -0.25) is 4.79 Å². The molecule has 20 heavy (non-hydrogen) atoms. The molecular weight excluding hydrogens is 320 g/mol. The second-order valence-corrected chi connectivity index (χ2v) is 6.04. The summed E-state index contributed by atoms with van der Waals surface area (Å²) in [5, 5.41) is 12.4. The summed E-state index contributed by atoms with van der Waals surface area (Å²) in [6, 6.07) is 5.79. The standard InChI is InChI=1S/C15H19BrN2O2/c1-3-11-9-18(7-6-14(11)17-20)15(19)12-8-10(2)4-5-13(12)16/h4-5,8,11,20H,3,6-7,9H2,1-2H3/b17-14+. The van der Waals surface area contributed by atoms with Crippen LogP contribution in [0.15, 0.2) is 27.8 Å². The molecule has 0 saturated carbocycles. The molecule has 1 aromatic carbocycles. The summed E-state index contributed by atoms with van der Waals surface area (Å²) in [6.45, 7) is 5.25. The molecule has 0 radical (unpaired) electrons. The summed E-state index contributed by atoms with van der Waals surface area (Å²) in [5.41, 5.74) is 2.57. The first-order chi connectivity index (χ1) is 9.56. The van der Waals surface area contributed by atoms with Gasteiger partial charge in [-0.25, -0.2) is 0 Å². The molecular formula is C15H19BrN2O2. The van der Waals surface area contributed by atoms with Crippen molar-refractivity contribution in [3.05, 3.63) is 33.8 Å². The maximum Gasteiger partial charge on any atom is 0.255 e. The minimum atomic E-state index is 0.0380. The lowest BCUT2D eigenvalue weighted by Crippen LogP contribution is -2.44. The molecule has 0 spiro atoms. The van der Waals surface area contributed by atoms with Crippen LogP contribution in [0.3, 0.4) is 0 Å². The molecule has 2 rings (SSSR count). The van der Waals surface area contributed by atoms with Crippen LogP contribution in [-0.4, -0.2) is 34.8 Å². The van der Waals surface area contributed by atoms with Crippen molar-refractivity contribution in [2.75, 3.05) is 13.1 Å². The van der Waals surface area contributed by atoms with Gasteiger partial charge in [-0.05, 0) is 41.4 Å². The molecule has 1 aliphatic heterocycles. The van der Waals surface area contributed by atoms with Crippen LogP contribution < -0.4 is 0 Å². The van der Waals surface area contributed by atoms with E-state index in [2.05, 4.69) is 21.1 Å². The molecule has 1 N–H and O–H groups in total. The monoisotopic (exact) mass is 338 g/mol. The van der Waals surface area contributed by atoms with Crippen molar-refractivity contribution in [1.29, 1.82) is 0 Å². The number of aryl methyl sites for hydroxylation is 1. The Morgan fingerprint density at radius 1 is 1.55 bits per heavy atom. The van der Waals surface area contributed by atoms with Gasteiger partial charge in [-0.1, -0.05) is 23.7 Å². The molecule has 1 saturated heterocycles. The van der Waals surface area contributed by atoms with E-state index in [4.69, 9.17) is 5.21 Å². The fraction of sp³-hybridized carbons (Fsp3) is 0.467. The largest absolute Gasteiger partial charge is 0.411 e. The number of piperidine rings is 1. The van der Waals surface area contributed by atoms with Crippen molar-refractivity contribution < 1.29 is 10.0 Å². The van der Waals surface area contributed by atoms with Gasteiger partial charge >= 0.3 is 0 Å². The Morgan fingerprint density at radius 3 is 2.95 bits per heavy atom. The van der Waals surface area contributed by atoms with E-state index in [1.165, 1.54) is 0 Å². The fourth-order valence-corrected chi connectivity index (χ4v) is 2.99. The van der Waals surface area contributed by atoms with Crippen molar-refractivity contribution in [1.82, 2.24) is 4.90 Å². The predicted molar refractivity (Wildman–Crippen MR) is 82.4 cm³/mol. The number of hydrogen-bond acceptors (Lipinski definition) is 3. The summed E-state index contributed by atoms with van der Waals surface area (Å²) >= 11 is 3.44. The van der Waals surface area contributed by atoms with Crippen LogP contribution in [0.4, 0.5) is 0 Å². The van der Waals surface area contributed by atoms with Crippen LogP contribution >= 0.6 is 15.9 Å². The van der Waals surface area contributed by atoms with E-state index in [-0.39, 0.29) is 11.8 Å². The average Bonchev–Trinajstić information content (AvgIpc) is 2.48. The number of likely N-dealkylation sites (tertiary alicyclic amines) is 1. The first-order valence-electron chi connectivity index (χ1n) is 6.83. The predicted octanol–water partition coefficient (Wildman–Crippen LogP) is 3.46. The van der Waals surface area contributed by atoms with Gasteiger partial charge in [0.2, 0.25) is 0 Å². The zero-order chi connectivity index (χ0) is 14.7. The number of amides is 1. The highest BCUT2D eigenvalue weighted by atomic mass is 79.9. The lowest BCUT2D eigenvalue weighted by molar-refractivity contribution is 0.0728. The van der Waals surface area contributed by atoms with Gasteiger partial charge in [0, 0.05) is 29.9 Å². The first-order valence-corrected chi connectivity index (χ1v) is 7.62. The number of benzene rings is 1. The molecule has 0 aromatic heterocycles. The van der Waals surface area contributed by atoms with Gasteiger partial charge < -0.3 is 10.1 Å². The Hall–Kier alpha value is -1.36. The fourth-order valence-electron chi connectivity index (χ4n) is 2.57. The molecule has 1 atom stereocenters. The zero-order valence-corrected chi connectivity index (χ0v) is 13.4. The third kappa shape index (κ3) is 3.03. The van der Waals surface area contributed by atoms with Gasteiger partial charge in [-0.15, -0.1) is 0 Å². The number of nitrogens with zero attached hydrogens (tertiary/aromatic N) is 2. The molecule has 0 bridgehead atoms. The van der Waals surface area contributed by atoms with Crippen LogP contribution in [-0.2, 0) is 0 Å². The normalized spacial score (nSPS) is 21.2. The van der Waals surface area contributed by atoms with Crippen molar-refractivity contribution in [2.45, 2.75) is 26.7 Å². The minimum absolute atomic E-state index is 0.0380. The quantitative estimate of drug-likeness (QED) is 0.663. The number of oxime groups is 1. The third-order valence-electron chi connectivity index (χ3n) is 3.81. The summed E-state index contributed by atoms with van der Waals surface area (Å²) in [6.07, 6.45) is 1.52. The Bertz CT molecular complexity index is 543. The Morgan fingerprint density at radius 2 is 2.30 bits per heavy atom. The van der Waals surface area contributed by atoms with E-state index in [0.29, 0.717) is 25.1 Å². The zero-order valence-electron chi connectivity index (χ0n) is 11.8. The second-order valence-electron chi connectivity index (χ2n) is 5.18. The summed E-state index contributed by atoms with van der Waals surface area (Å²) in [7, 11) is 0.